The van der Waals surface area contributed by atoms with E-state index in [0.717, 1.165) is 18.3 Å². The first kappa shape index (κ1) is 13.6. The molecule has 4 aliphatic rings. The molecule has 0 aliphatic heterocycles. The summed E-state index contributed by atoms with van der Waals surface area (Å²) in [5, 5.41) is 11.6. The van der Waals surface area contributed by atoms with Crippen LogP contribution in [0.2, 0.25) is 0 Å². The molecule has 0 bridgehead atoms. The van der Waals surface area contributed by atoms with E-state index >= 15 is 0 Å². The third kappa shape index (κ3) is 1.54. The minimum atomic E-state index is -0.318. The molecular weight excluding hydrogens is 244 g/mol. The highest BCUT2D eigenvalue weighted by molar-refractivity contribution is 5.14. The molecule has 0 saturated heterocycles. The van der Waals surface area contributed by atoms with Gasteiger partial charge in [-0.15, -0.1) is 0 Å². The quantitative estimate of drug-likeness (QED) is 0.665. The molecule has 0 spiro atoms. The Hall–Kier alpha value is -0.0400. The van der Waals surface area contributed by atoms with Crippen molar-refractivity contribution in [1.29, 1.82) is 0 Å². The first-order valence-electron chi connectivity index (χ1n) is 9.22. The van der Waals surface area contributed by atoms with Crippen molar-refractivity contribution in [1.82, 2.24) is 0 Å². The van der Waals surface area contributed by atoms with Gasteiger partial charge in [0.2, 0.25) is 0 Å². The topological polar surface area (TPSA) is 20.2 Å². The number of hydrogen-bond donors (Lipinski definition) is 1. The molecule has 0 amide bonds. The monoisotopic (exact) mass is 276 g/mol. The maximum atomic E-state index is 11.6. The van der Waals surface area contributed by atoms with Crippen LogP contribution in [0.25, 0.3) is 0 Å². The molecule has 1 heteroatoms. The highest BCUT2D eigenvalue weighted by Gasteiger charge is 2.63. The van der Waals surface area contributed by atoms with Crippen LogP contribution in [-0.2, 0) is 0 Å². The second kappa shape index (κ2) is 4.24. The zero-order valence-corrected chi connectivity index (χ0v) is 13.5. The van der Waals surface area contributed by atoms with Gasteiger partial charge in [0, 0.05) is 0 Å². The van der Waals surface area contributed by atoms with Crippen LogP contribution in [-0.4, -0.2) is 10.7 Å². The summed E-state index contributed by atoms with van der Waals surface area (Å²) in [5.41, 5.74) is 0.480. The van der Waals surface area contributed by atoms with Gasteiger partial charge >= 0.3 is 0 Å². The predicted octanol–water partition coefficient (Wildman–Crippen LogP) is 4.92. The molecule has 1 nitrogen and oxygen atoms in total. The molecule has 1 unspecified atom stereocenters. The van der Waals surface area contributed by atoms with Crippen molar-refractivity contribution < 1.29 is 5.11 Å². The maximum Gasteiger partial charge on any atom is 0.0731 e. The van der Waals surface area contributed by atoms with Gasteiger partial charge in [-0.2, -0.15) is 0 Å². The summed E-state index contributed by atoms with van der Waals surface area (Å²) in [6, 6.07) is 0. The van der Waals surface area contributed by atoms with Gasteiger partial charge in [0.25, 0.3) is 0 Å². The lowest BCUT2D eigenvalue weighted by atomic mass is 9.44. The van der Waals surface area contributed by atoms with Crippen LogP contribution in [0.5, 0.6) is 0 Å². The fraction of sp³-hybridized carbons (Fsp3) is 1.00. The van der Waals surface area contributed by atoms with Crippen molar-refractivity contribution in [2.24, 2.45) is 28.6 Å². The predicted molar refractivity (Wildman–Crippen MR) is 82.4 cm³/mol. The van der Waals surface area contributed by atoms with E-state index in [2.05, 4.69) is 13.8 Å². The summed E-state index contributed by atoms with van der Waals surface area (Å²) in [6.07, 6.45) is 14.8. The fourth-order valence-electron chi connectivity index (χ4n) is 7.25. The van der Waals surface area contributed by atoms with Crippen molar-refractivity contribution in [3.63, 3.8) is 0 Å². The Morgan fingerprint density at radius 3 is 2.45 bits per heavy atom. The molecule has 4 rings (SSSR count). The summed E-state index contributed by atoms with van der Waals surface area (Å²) < 4.78 is 0. The van der Waals surface area contributed by atoms with Gasteiger partial charge < -0.3 is 5.11 Å². The molecule has 0 radical (unpaired) electrons. The first-order valence-corrected chi connectivity index (χ1v) is 9.22. The van der Waals surface area contributed by atoms with E-state index in [4.69, 9.17) is 0 Å². The maximum absolute atomic E-state index is 11.6. The number of aliphatic hydroxyl groups is 1. The molecule has 6 atom stereocenters. The van der Waals surface area contributed by atoms with Gasteiger partial charge in [0.15, 0.2) is 0 Å². The van der Waals surface area contributed by atoms with E-state index in [1.54, 1.807) is 0 Å². The summed E-state index contributed by atoms with van der Waals surface area (Å²) in [6.45, 7) is 4.99. The van der Waals surface area contributed by atoms with E-state index in [1.807, 2.05) is 0 Å². The van der Waals surface area contributed by atoms with Crippen molar-refractivity contribution in [2.75, 3.05) is 0 Å². The largest absolute Gasteiger partial charge is 0.389 e. The molecule has 0 aromatic rings. The molecule has 4 fully saturated rings. The van der Waals surface area contributed by atoms with Crippen LogP contribution >= 0.6 is 0 Å². The third-order valence-corrected chi connectivity index (χ3v) is 8.56. The van der Waals surface area contributed by atoms with E-state index < -0.39 is 0 Å². The lowest BCUT2D eigenvalue weighted by Crippen LogP contribution is -2.60. The highest BCUT2D eigenvalue weighted by atomic mass is 16.3. The van der Waals surface area contributed by atoms with Crippen molar-refractivity contribution in [2.45, 2.75) is 90.1 Å². The summed E-state index contributed by atoms with van der Waals surface area (Å²) in [4.78, 5) is 0. The lowest BCUT2D eigenvalue weighted by Gasteiger charge is -2.62. The summed E-state index contributed by atoms with van der Waals surface area (Å²) in [5.74, 6) is 2.40. The Balaban J connectivity index is 1.70. The number of rotatable bonds is 0. The average Bonchev–Trinajstić information content (AvgIpc) is 2.74. The minimum absolute atomic E-state index is 0.242. The molecule has 4 saturated carbocycles. The van der Waals surface area contributed by atoms with E-state index in [-0.39, 0.29) is 11.0 Å². The SMILES string of the molecule is C[C@@]12CCC[C@]1(O)[C@@H]1CCC3CCCC[C@]3(C)[C@H]1CC2. The normalized spacial score (nSPS) is 58.6. The first-order chi connectivity index (χ1) is 9.50. The standard InChI is InChI=1S/C19H32O/c1-17-10-5-12-19(17,20)16-8-7-14-6-3-4-11-18(14,2)15(16)9-13-17/h14-16,20H,3-13H2,1-2H3/t14?,15-,16+,17-,18-,19-/m0/s1. The average molecular weight is 276 g/mol. The van der Waals surface area contributed by atoms with E-state index in [0.29, 0.717) is 11.3 Å². The zero-order valence-electron chi connectivity index (χ0n) is 13.5. The van der Waals surface area contributed by atoms with Crippen LogP contribution in [0.1, 0.15) is 84.5 Å². The van der Waals surface area contributed by atoms with Crippen LogP contribution in [0.15, 0.2) is 0 Å². The Morgan fingerprint density at radius 2 is 1.60 bits per heavy atom. The number of hydrogen-bond acceptors (Lipinski definition) is 1. The summed E-state index contributed by atoms with van der Waals surface area (Å²) in [7, 11) is 0. The van der Waals surface area contributed by atoms with Crippen molar-refractivity contribution in [3.8, 4) is 0 Å². The Bertz CT molecular complexity index is 405. The smallest absolute Gasteiger partial charge is 0.0731 e. The van der Waals surface area contributed by atoms with Crippen molar-refractivity contribution >= 4 is 0 Å². The van der Waals surface area contributed by atoms with Crippen LogP contribution in [0.4, 0.5) is 0 Å². The molecule has 0 aromatic heterocycles. The highest BCUT2D eigenvalue weighted by Crippen LogP contribution is 2.67. The molecule has 20 heavy (non-hydrogen) atoms. The number of fused-ring (bicyclic) bond motifs is 5. The molecule has 0 heterocycles. The molecule has 114 valence electrons. The second-order valence-electron chi connectivity index (χ2n) is 9.12. The Morgan fingerprint density at radius 1 is 0.750 bits per heavy atom. The van der Waals surface area contributed by atoms with Crippen LogP contribution in [0, 0.1) is 28.6 Å². The zero-order chi connectivity index (χ0) is 14.0. The summed E-state index contributed by atoms with van der Waals surface area (Å²) >= 11 is 0. The van der Waals surface area contributed by atoms with Gasteiger partial charge in [-0.1, -0.05) is 26.7 Å². The molecule has 0 aromatic carbocycles. The van der Waals surface area contributed by atoms with Crippen molar-refractivity contribution in [3.05, 3.63) is 0 Å². The van der Waals surface area contributed by atoms with Gasteiger partial charge in [-0.25, -0.2) is 0 Å². The lowest BCUT2D eigenvalue weighted by molar-refractivity contribution is -0.197. The van der Waals surface area contributed by atoms with E-state index in [1.165, 1.54) is 64.2 Å². The molecule has 4 aliphatic carbocycles. The van der Waals surface area contributed by atoms with Gasteiger partial charge in [-0.05, 0) is 86.4 Å². The Labute approximate surface area is 124 Å². The molecular formula is C19H32O. The molecule has 1 N–H and O–H groups in total. The minimum Gasteiger partial charge on any atom is -0.389 e. The van der Waals surface area contributed by atoms with Crippen LogP contribution < -0.4 is 0 Å². The van der Waals surface area contributed by atoms with Gasteiger partial charge in [0.1, 0.15) is 0 Å². The van der Waals surface area contributed by atoms with E-state index in [9.17, 15) is 5.11 Å². The second-order valence-corrected chi connectivity index (χ2v) is 9.12. The third-order valence-electron chi connectivity index (χ3n) is 8.56. The fourth-order valence-corrected chi connectivity index (χ4v) is 7.25. The Kier molecular flexibility index (Phi) is 2.89. The van der Waals surface area contributed by atoms with Gasteiger partial charge in [-0.3, -0.25) is 0 Å². The van der Waals surface area contributed by atoms with Gasteiger partial charge in [0.05, 0.1) is 5.60 Å². The van der Waals surface area contributed by atoms with Crippen LogP contribution in [0.3, 0.4) is 0 Å².